The summed E-state index contributed by atoms with van der Waals surface area (Å²) < 4.78 is 0. The van der Waals surface area contributed by atoms with E-state index < -0.39 is 0 Å². The molecule has 32 heavy (non-hydrogen) atoms. The van der Waals surface area contributed by atoms with Crippen molar-refractivity contribution in [1.82, 2.24) is 10.2 Å². The molecule has 2 fully saturated rings. The molecule has 3 atom stereocenters. The molecule has 0 spiro atoms. The van der Waals surface area contributed by atoms with E-state index in [0.29, 0.717) is 24.5 Å². The summed E-state index contributed by atoms with van der Waals surface area (Å²) in [5.74, 6) is 1.00. The molecule has 0 bridgehead atoms. The highest BCUT2D eigenvalue weighted by Gasteiger charge is 2.32. The van der Waals surface area contributed by atoms with E-state index in [1.807, 2.05) is 6.08 Å². The summed E-state index contributed by atoms with van der Waals surface area (Å²) in [6, 6.07) is 0. The van der Waals surface area contributed by atoms with Crippen molar-refractivity contribution in [3.8, 4) is 0 Å². The van der Waals surface area contributed by atoms with Gasteiger partial charge in [0.05, 0.1) is 6.10 Å². The number of carbonyl (C=O) groups is 2. The topological polar surface area (TPSA) is 69.6 Å². The lowest BCUT2D eigenvalue weighted by atomic mass is 9.89. The standard InChI is InChI=1S/C27H48N2O3/c1-2-3-7-12-24(30)17-15-23-16-18-26(31)25(23)13-8-4-5-9-14-27(32)28-19-22-29-20-10-6-11-21-29/h15,17,23-25,30H,2-14,16,18-22H2,1H3,(H,28,32). The molecule has 5 heteroatoms. The van der Waals surface area contributed by atoms with Gasteiger partial charge in [-0.25, -0.2) is 0 Å². The molecule has 0 aromatic carbocycles. The quantitative estimate of drug-likeness (QED) is 0.257. The summed E-state index contributed by atoms with van der Waals surface area (Å²) >= 11 is 0. The average Bonchev–Trinajstić information content (AvgIpc) is 3.15. The highest BCUT2D eigenvalue weighted by atomic mass is 16.3. The van der Waals surface area contributed by atoms with Gasteiger partial charge in [0.25, 0.3) is 0 Å². The molecule has 0 radical (unpaired) electrons. The number of piperidine rings is 1. The zero-order valence-electron chi connectivity index (χ0n) is 20.5. The Balaban J connectivity index is 1.52. The van der Waals surface area contributed by atoms with Crippen LogP contribution in [0.5, 0.6) is 0 Å². The van der Waals surface area contributed by atoms with E-state index in [4.69, 9.17) is 0 Å². The number of amides is 1. The van der Waals surface area contributed by atoms with E-state index in [-0.39, 0.29) is 17.9 Å². The number of allylic oxidation sites excluding steroid dienone is 1. The molecule has 2 rings (SSSR count). The normalized spacial score (nSPS) is 23.1. The molecule has 1 aliphatic carbocycles. The van der Waals surface area contributed by atoms with Crippen LogP contribution in [0.1, 0.15) is 103 Å². The lowest BCUT2D eigenvalue weighted by Crippen LogP contribution is -2.37. The van der Waals surface area contributed by atoms with Gasteiger partial charge in [0.2, 0.25) is 5.91 Å². The Morgan fingerprint density at radius 1 is 1.12 bits per heavy atom. The molecule has 1 saturated carbocycles. The average molecular weight is 449 g/mol. The molecule has 1 heterocycles. The minimum absolute atomic E-state index is 0.132. The van der Waals surface area contributed by atoms with Crippen LogP contribution in [0.3, 0.4) is 0 Å². The number of nitrogens with one attached hydrogen (secondary N) is 1. The highest BCUT2D eigenvalue weighted by molar-refractivity contribution is 5.83. The maximum absolute atomic E-state index is 12.3. The summed E-state index contributed by atoms with van der Waals surface area (Å²) in [4.78, 5) is 26.8. The van der Waals surface area contributed by atoms with Gasteiger partial charge in [-0.15, -0.1) is 0 Å². The maximum atomic E-state index is 12.3. The van der Waals surface area contributed by atoms with Gasteiger partial charge in [-0.3, -0.25) is 9.59 Å². The number of aliphatic hydroxyl groups excluding tert-OH is 1. The summed E-state index contributed by atoms with van der Waals surface area (Å²) in [6.45, 7) is 6.27. The second-order valence-corrected chi connectivity index (χ2v) is 9.93. The van der Waals surface area contributed by atoms with Crippen LogP contribution in [-0.2, 0) is 9.59 Å². The van der Waals surface area contributed by atoms with Crippen molar-refractivity contribution in [2.45, 2.75) is 109 Å². The van der Waals surface area contributed by atoms with Crippen molar-refractivity contribution < 1.29 is 14.7 Å². The van der Waals surface area contributed by atoms with Crippen LogP contribution in [0.2, 0.25) is 0 Å². The van der Waals surface area contributed by atoms with Crippen LogP contribution < -0.4 is 5.32 Å². The Labute approximate surface area is 196 Å². The van der Waals surface area contributed by atoms with E-state index in [2.05, 4.69) is 23.2 Å². The SMILES string of the molecule is CCCCCC(O)C=CC1CCC(=O)C1CCCCCCC(=O)NCCN1CCCCC1. The zero-order chi connectivity index (χ0) is 23.0. The third kappa shape index (κ3) is 11.1. The van der Waals surface area contributed by atoms with Crippen molar-refractivity contribution >= 4 is 11.7 Å². The summed E-state index contributed by atoms with van der Waals surface area (Å²) in [5.41, 5.74) is 0. The van der Waals surface area contributed by atoms with E-state index in [1.54, 1.807) is 0 Å². The number of hydrogen-bond donors (Lipinski definition) is 2. The Morgan fingerprint density at radius 2 is 1.91 bits per heavy atom. The summed E-state index contributed by atoms with van der Waals surface area (Å²) in [5, 5.41) is 13.2. The third-order valence-corrected chi connectivity index (χ3v) is 7.21. The minimum atomic E-state index is -0.371. The Kier molecular flexibility index (Phi) is 13.9. The fourth-order valence-corrected chi connectivity index (χ4v) is 5.14. The fourth-order valence-electron chi connectivity index (χ4n) is 5.14. The van der Waals surface area contributed by atoms with Gasteiger partial charge in [-0.2, -0.15) is 0 Å². The predicted octanol–water partition coefficient (Wildman–Crippen LogP) is 5.02. The summed E-state index contributed by atoms with van der Waals surface area (Å²) in [7, 11) is 0. The fraction of sp³-hybridized carbons (Fsp3) is 0.852. The number of likely N-dealkylation sites (tertiary alicyclic amines) is 1. The minimum Gasteiger partial charge on any atom is -0.389 e. The van der Waals surface area contributed by atoms with Crippen molar-refractivity contribution in [3.05, 3.63) is 12.2 Å². The Bertz CT molecular complexity index is 557. The monoisotopic (exact) mass is 448 g/mol. The second-order valence-electron chi connectivity index (χ2n) is 9.93. The molecule has 184 valence electrons. The van der Waals surface area contributed by atoms with Crippen LogP contribution in [0.25, 0.3) is 0 Å². The largest absolute Gasteiger partial charge is 0.389 e. The van der Waals surface area contributed by atoms with Crippen LogP contribution in [0.4, 0.5) is 0 Å². The van der Waals surface area contributed by atoms with Gasteiger partial charge < -0.3 is 15.3 Å². The van der Waals surface area contributed by atoms with Crippen LogP contribution in [-0.4, -0.2) is 54.0 Å². The first-order valence-corrected chi connectivity index (χ1v) is 13.5. The number of rotatable bonds is 16. The highest BCUT2D eigenvalue weighted by Crippen LogP contribution is 2.34. The maximum Gasteiger partial charge on any atom is 0.220 e. The van der Waals surface area contributed by atoms with Crippen molar-refractivity contribution in [2.75, 3.05) is 26.2 Å². The number of carbonyl (C=O) groups excluding carboxylic acids is 2. The molecule has 0 aromatic rings. The van der Waals surface area contributed by atoms with Gasteiger partial charge in [-0.1, -0.05) is 64.0 Å². The van der Waals surface area contributed by atoms with Gasteiger partial charge in [0.15, 0.2) is 0 Å². The summed E-state index contributed by atoms with van der Waals surface area (Å²) in [6.07, 6.45) is 19.1. The van der Waals surface area contributed by atoms with Crippen LogP contribution in [0, 0.1) is 11.8 Å². The van der Waals surface area contributed by atoms with Gasteiger partial charge in [0.1, 0.15) is 5.78 Å². The Morgan fingerprint density at radius 3 is 2.69 bits per heavy atom. The molecule has 1 saturated heterocycles. The molecular weight excluding hydrogens is 400 g/mol. The van der Waals surface area contributed by atoms with E-state index in [9.17, 15) is 14.7 Å². The molecule has 2 aliphatic rings. The van der Waals surface area contributed by atoms with Crippen LogP contribution in [0.15, 0.2) is 12.2 Å². The van der Waals surface area contributed by atoms with Crippen LogP contribution >= 0.6 is 0 Å². The molecule has 5 nitrogen and oxygen atoms in total. The number of hydrogen-bond acceptors (Lipinski definition) is 4. The van der Waals surface area contributed by atoms with Gasteiger partial charge in [-0.05, 0) is 57.5 Å². The zero-order valence-corrected chi connectivity index (χ0v) is 20.5. The molecule has 2 N–H and O–H groups in total. The van der Waals surface area contributed by atoms with E-state index in [0.717, 1.165) is 70.9 Å². The van der Waals surface area contributed by atoms with Gasteiger partial charge >= 0.3 is 0 Å². The smallest absolute Gasteiger partial charge is 0.220 e. The molecule has 1 aliphatic heterocycles. The molecule has 1 amide bonds. The first-order valence-electron chi connectivity index (χ1n) is 13.5. The third-order valence-electron chi connectivity index (χ3n) is 7.21. The van der Waals surface area contributed by atoms with E-state index >= 15 is 0 Å². The lowest BCUT2D eigenvalue weighted by molar-refractivity contribution is -0.121. The van der Waals surface area contributed by atoms with Crippen molar-refractivity contribution in [2.24, 2.45) is 11.8 Å². The van der Waals surface area contributed by atoms with Crippen molar-refractivity contribution in [1.29, 1.82) is 0 Å². The molecule has 0 aromatic heterocycles. The number of aliphatic hydroxyl groups is 1. The lowest BCUT2D eigenvalue weighted by Gasteiger charge is -2.26. The van der Waals surface area contributed by atoms with E-state index in [1.165, 1.54) is 38.8 Å². The number of ketones is 1. The second kappa shape index (κ2) is 16.4. The number of nitrogens with zero attached hydrogens (tertiary/aromatic N) is 1. The number of unbranched alkanes of at least 4 members (excludes halogenated alkanes) is 5. The molecular formula is C27H48N2O3. The van der Waals surface area contributed by atoms with Gasteiger partial charge in [0, 0.05) is 31.8 Å². The predicted molar refractivity (Wildman–Crippen MR) is 132 cm³/mol. The Hall–Kier alpha value is -1.20. The van der Waals surface area contributed by atoms with Crippen molar-refractivity contribution in [3.63, 3.8) is 0 Å². The first-order chi connectivity index (χ1) is 15.6. The number of Topliss-reactive ketones (excluding diaryl/α,β-unsaturated/α-hetero) is 1. The molecule has 3 unspecified atom stereocenters. The first kappa shape index (κ1) is 27.0.